The van der Waals surface area contributed by atoms with Gasteiger partial charge in [-0.3, -0.25) is 0 Å². The highest BCUT2D eigenvalue weighted by Crippen LogP contribution is 2.37. The zero-order valence-corrected chi connectivity index (χ0v) is 7.69. The van der Waals surface area contributed by atoms with E-state index in [2.05, 4.69) is 11.3 Å². The van der Waals surface area contributed by atoms with Crippen LogP contribution in [0.3, 0.4) is 0 Å². The number of hydrogen-bond acceptors (Lipinski definition) is 2. The van der Waals surface area contributed by atoms with E-state index >= 15 is 0 Å². The molecule has 0 saturated heterocycles. The lowest BCUT2D eigenvalue weighted by Gasteiger charge is -2.32. The summed E-state index contributed by atoms with van der Waals surface area (Å²) in [5.74, 6) is -5.57. The van der Waals surface area contributed by atoms with Crippen molar-refractivity contribution in [2.45, 2.75) is 31.8 Å². The van der Waals surface area contributed by atoms with Crippen LogP contribution in [0, 0.1) is 0 Å². The maximum atomic E-state index is 12.8. The molecule has 0 radical (unpaired) electrons. The molecule has 0 aliphatic rings. The first-order chi connectivity index (χ1) is 6.15. The number of carbonyl (C=O) groups is 1. The number of halogens is 4. The van der Waals surface area contributed by atoms with Crippen LogP contribution in [0.5, 0.6) is 0 Å². The van der Waals surface area contributed by atoms with E-state index in [0.29, 0.717) is 19.9 Å². The summed E-state index contributed by atoms with van der Waals surface area (Å²) in [5, 5.41) is 0. The average Bonchev–Trinajstić information content (AvgIpc) is 2.02. The summed E-state index contributed by atoms with van der Waals surface area (Å²) in [4.78, 5) is 10.6. The fraction of sp³-hybridized carbons (Fsp3) is 0.625. The van der Waals surface area contributed by atoms with Gasteiger partial charge in [-0.05, 0) is 13.8 Å². The van der Waals surface area contributed by atoms with E-state index in [1.165, 1.54) is 0 Å². The summed E-state index contributed by atoms with van der Waals surface area (Å²) in [6.07, 6.45) is -3.27. The quantitative estimate of drug-likeness (QED) is 0.408. The smallest absolute Gasteiger partial charge is 0.345 e. The number of ether oxygens (including phenoxy) is 1. The molecule has 0 spiro atoms. The largest absolute Gasteiger partial charge is 0.450 e. The Labute approximate surface area is 78.5 Å². The van der Waals surface area contributed by atoms with E-state index in [0.717, 1.165) is 0 Å². The predicted molar refractivity (Wildman–Crippen MR) is 41.3 cm³/mol. The fourth-order valence-corrected chi connectivity index (χ4v) is 0.624. The molecule has 0 saturated carbocycles. The van der Waals surface area contributed by atoms with Crippen molar-refractivity contribution < 1.29 is 27.1 Å². The van der Waals surface area contributed by atoms with E-state index in [4.69, 9.17) is 0 Å². The number of carbonyl (C=O) groups excluding carboxylic acids is 1. The van der Waals surface area contributed by atoms with Crippen LogP contribution in [-0.2, 0) is 9.53 Å². The van der Waals surface area contributed by atoms with Crippen LogP contribution >= 0.6 is 0 Å². The van der Waals surface area contributed by atoms with E-state index in [1.54, 1.807) is 0 Å². The molecule has 0 amide bonds. The minimum absolute atomic E-state index is 0.628. The van der Waals surface area contributed by atoms with E-state index in [1.807, 2.05) is 0 Å². The maximum Gasteiger partial charge on any atom is 0.345 e. The van der Waals surface area contributed by atoms with Gasteiger partial charge in [-0.2, -0.15) is 8.78 Å². The van der Waals surface area contributed by atoms with Gasteiger partial charge in [0, 0.05) is 6.08 Å². The normalized spacial score (nSPS) is 12.8. The van der Waals surface area contributed by atoms with Gasteiger partial charge in [0.25, 0.3) is 0 Å². The Morgan fingerprint density at radius 1 is 1.43 bits per heavy atom. The third-order valence-electron chi connectivity index (χ3n) is 1.60. The summed E-state index contributed by atoms with van der Waals surface area (Å²) in [6.45, 7) is 4.38. The molecule has 2 nitrogen and oxygen atoms in total. The fourth-order valence-electron chi connectivity index (χ4n) is 0.624. The summed E-state index contributed by atoms with van der Waals surface area (Å²) in [7, 11) is 0. The highest BCUT2D eigenvalue weighted by Gasteiger charge is 2.57. The van der Waals surface area contributed by atoms with Gasteiger partial charge in [-0.1, -0.05) is 6.58 Å². The number of rotatable bonds is 4. The molecule has 0 atom stereocenters. The van der Waals surface area contributed by atoms with Crippen molar-refractivity contribution in [2.75, 3.05) is 0 Å². The lowest BCUT2D eigenvalue weighted by molar-refractivity contribution is -0.240. The zero-order valence-electron chi connectivity index (χ0n) is 7.69. The summed E-state index contributed by atoms with van der Waals surface area (Å²) in [5.41, 5.74) is -2.56. The Bertz CT molecular complexity index is 235. The molecule has 0 rings (SSSR count). The zero-order chi connectivity index (χ0) is 11.6. The lowest BCUT2D eigenvalue weighted by Crippen LogP contribution is -2.51. The van der Waals surface area contributed by atoms with E-state index in [9.17, 15) is 22.4 Å². The van der Waals surface area contributed by atoms with Gasteiger partial charge in [0.15, 0.2) is 5.60 Å². The molecular formula is C8H10F4O2. The van der Waals surface area contributed by atoms with Crippen LogP contribution < -0.4 is 0 Å². The standard InChI is InChI=1S/C8H10F4O2/c1-4-5(13)14-7(2,3)8(11,12)6(9)10/h4,6H,1H2,2-3H3. The molecule has 0 aromatic rings. The molecule has 0 aliphatic heterocycles. The second-order valence-corrected chi connectivity index (χ2v) is 3.06. The van der Waals surface area contributed by atoms with Crippen molar-refractivity contribution in [1.29, 1.82) is 0 Å². The first kappa shape index (κ1) is 12.9. The summed E-state index contributed by atoms with van der Waals surface area (Å²) >= 11 is 0. The van der Waals surface area contributed by atoms with Crippen molar-refractivity contribution in [1.82, 2.24) is 0 Å². The van der Waals surface area contributed by atoms with Gasteiger partial charge < -0.3 is 4.74 Å². The molecule has 0 aromatic carbocycles. The number of alkyl halides is 4. The van der Waals surface area contributed by atoms with Crippen molar-refractivity contribution in [3.05, 3.63) is 12.7 Å². The summed E-state index contributed by atoms with van der Waals surface area (Å²) < 4.78 is 53.4. The first-order valence-electron chi connectivity index (χ1n) is 3.66. The Morgan fingerprint density at radius 2 is 1.86 bits per heavy atom. The van der Waals surface area contributed by atoms with Crippen molar-refractivity contribution >= 4 is 5.97 Å². The van der Waals surface area contributed by atoms with Gasteiger partial charge in [-0.25, -0.2) is 13.6 Å². The van der Waals surface area contributed by atoms with Crippen molar-refractivity contribution in [3.63, 3.8) is 0 Å². The molecule has 14 heavy (non-hydrogen) atoms. The van der Waals surface area contributed by atoms with Crippen molar-refractivity contribution in [3.8, 4) is 0 Å². The Hall–Kier alpha value is -1.07. The molecule has 0 heterocycles. The molecule has 0 bridgehead atoms. The minimum Gasteiger partial charge on any atom is -0.450 e. The molecule has 0 aromatic heterocycles. The van der Waals surface area contributed by atoms with E-state index in [-0.39, 0.29) is 0 Å². The van der Waals surface area contributed by atoms with Crippen LogP contribution in [0.1, 0.15) is 13.8 Å². The van der Waals surface area contributed by atoms with Crippen LogP contribution in [0.2, 0.25) is 0 Å². The maximum absolute atomic E-state index is 12.8. The topological polar surface area (TPSA) is 26.3 Å². The van der Waals surface area contributed by atoms with Crippen LogP contribution in [0.15, 0.2) is 12.7 Å². The minimum atomic E-state index is -4.40. The molecule has 0 N–H and O–H groups in total. The summed E-state index contributed by atoms with van der Waals surface area (Å²) in [6, 6.07) is 0. The Kier molecular flexibility index (Phi) is 3.67. The second-order valence-electron chi connectivity index (χ2n) is 3.06. The average molecular weight is 214 g/mol. The third-order valence-corrected chi connectivity index (χ3v) is 1.60. The second kappa shape index (κ2) is 3.98. The highest BCUT2D eigenvalue weighted by atomic mass is 19.3. The van der Waals surface area contributed by atoms with Gasteiger partial charge in [-0.15, -0.1) is 0 Å². The molecule has 0 unspecified atom stereocenters. The number of hydrogen-bond donors (Lipinski definition) is 0. The van der Waals surface area contributed by atoms with Crippen LogP contribution in [-0.4, -0.2) is 23.9 Å². The van der Waals surface area contributed by atoms with Gasteiger partial charge in [0.2, 0.25) is 0 Å². The Balaban J connectivity index is 4.76. The molecule has 0 aliphatic carbocycles. The van der Waals surface area contributed by atoms with Crippen LogP contribution in [0.4, 0.5) is 17.6 Å². The van der Waals surface area contributed by atoms with Crippen molar-refractivity contribution in [2.24, 2.45) is 0 Å². The third kappa shape index (κ3) is 2.46. The van der Waals surface area contributed by atoms with Crippen LogP contribution in [0.25, 0.3) is 0 Å². The lowest BCUT2D eigenvalue weighted by atomic mass is 10.0. The first-order valence-corrected chi connectivity index (χ1v) is 3.66. The molecule has 6 heteroatoms. The van der Waals surface area contributed by atoms with Gasteiger partial charge >= 0.3 is 18.3 Å². The van der Waals surface area contributed by atoms with Gasteiger partial charge in [0.05, 0.1) is 0 Å². The predicted octanol–water partition coefficient (Wildman–Crippen LogP) is 2.39. The number of esters is 1. The van der Waals surface area contributed by atoms with E-state index < -0.39 is 23.9 Å². The highest BCUT2D eigenvalue weighted by molar-refractivity contribution is 5.81. The molecular weight excluding hydrogens is 204 g/mol. The molecule has 0 fully saturated rings. The monoisotopic (exact) mass is 214 g/mol. The Morgan fingerprint density at radius 3 is 2.14 bits per heavy atom. The SMILES string of the molecule is C=CC(=O)OC(C)(C)C(F)(F)C(F)F. The molecule has 82 valence electrons. The van der Waals surface area contributed by atoms with Gasteiger partial charge in [0.1, 0.15) is 0 Å².